The van der Waals surface area contributed by atoms with E-state index >= 15 is 0 Å². The summed E-state index contributed by atoms with van der Waals surface area (Å²) in [5, 5.41) is 1.94. The van der Waals surface area contributed by atoms with Gasteiger partial charge in [-0.2, -0.15) is 0 Å². The lowest BCUT2D eigenvalue weighted by atomic mass is 10.0. The van der Waals surface area contributed by atoms with E-state index in [4.69, 9.17) is 13.6 Å². The Hall–Kier alpha value is -2.58. The van der Waals surface area contributed by atoms with Gasteiger partial charge in [0.2, 0.25) is 0 Å². The van der Waals surface area contributed by atoms with Gasteiger partial charge in [-0.25, -0.2) is 4.79 Å². The maximum absolute atomic E-state index is 13.7. The van der Waals surface area contributed by atoms with Crippen LogP contribution in [0, 0.1) is 6.92 Å². The minimum absolute atomic E-state index is 0.411. The minimum atomic E-state index is -2.08. The van der Waals surface area contributed by atoms with Crippen molar-refractivity contribution in [3.05, 3.63) is 65.7 Å². The first-order chi connectivity index (χ1) is 17.3. The monoisotopic (exact) mass is 522 g/mol. The summed E-state index contributed by atoms with van der Waals surface area (Å²) in [6.07, 6.45) is 0. The third-order valence-electron chi connectivity index (χ3n) is 7.89. The van der Waals surface area contributed by atoms with Gasteiger partial charge in [-0.1, -0.05) is 77.4 Å². The number of hydrogen-bond acceptors (Lipinski definition) is 4. The summed E-state index contributed by atoms with van der Waals surface area (Å²) in [7, 11) is -4.08. The molecule has 4 nitrogen and oxygen atoms in total. The Labute approximate surface area is 219 Å². The highest BCUT2D eigenvalue weighted by Crippen LogP contribution is 2.42. The summed E-state index contributed by atoms with van der Waals surface area (Å²) >= 11 is 0. The van der Waals surface area contributed by atoms with E-state index in [0.717, 1.165) is 58.3 Å². The van der Waals surface area contributed by atoms with Gasteiger partial charge in [-0.3, -0.25) is 0 Å². The van der Waals surface area contributed by atoms with Gasteiger partial charge < -0.3 is 13.6 Å². The molecule has 0 saturated carbocycles. The van der Waals surface area contributed by atoms with Crippen LogP contribution in [0.4, 0.5) is 0 Å². The van der Waals surface area contributed by atoms with Crippen LogP contribution < -0.4 is 13.6 Å². The molecule has 0 saturated heterocycles. The number of carbonyl (C=O) groups is 1. The smallest absolute Gasteiger partial charge is 0.347 e. The summed E-state index contributed by atoms with van der Waals surface area (Å²) < 4.78 is 19.7. The van der Waals surface area contributed by atoms with Gasteiger partial charge in [0, 0.05) is 10.8 Å². The predicted octanol–water partition coefficient (Wildman–Crippen LogP) is 9.14. The van der Waals surface area contributed by atoms with Gasteiger partial charge in [-0.05, 0) is 67.5 Å². The molecule has 36 heavy (non-hydrogen) atoms. The number of para-hydroxylation sites is 1. The molecular weight excluding hydrogens is 480 g/mol. The molecule has 0 aliphatic heterocycles. The van der Waals surface area contributed by atoms with Gasteiger partial charge in [0.15, 0.2) is 0 Å². The molecule has 0 bridgehead atoms. The largest absolute Gasteiger partial charge is 0.543 e. The number of benzene rings is 3. The number of ether oxygens (including phenoxy) is 1. The highest BCUT2D eigenvalue weighted by Gasteiger charge is 2.36. The van der Waals surface area contributed by atoms with E-state index in [0.29, 0.717) is 17.1 Å². The van der Waals surface area contributed by atoms with E-state index in [9.17, 15) is 4.79 Å². The second-order valence-corrected chi connectivity index (χ2v) is 19.1. The van der Waals surface area contributed by atoms with Crippen molar-refractivity contribution in [2.75, 3.05) is 0 Å². The van der Waals surface area contributed by atoms with Crippen LogP contribution in [0.2, 0.25) is 36.3 Å². The lowest BCUT2D eigenvalue weighted by Gasteiger charge is -2.33. The van der Waals surface area contributed by atoms with Crippen LogP contribution in [0.15, 0.2) is 54.6 Å². The van der Waals surface area contributed by atoms with Crippen molar-refractivity contribution in [3.63, 3.8) is 0 Å². The Bertz CT molecular complexity index is 1150. The van der Waals surface area contributed by atoms with Crippen LogP contribution in [-0.2, 0) is 0 Å². The summed E-state index contributed by atoms with van der Waals surface area (Å²) in [6.45, 7) is 15.4. The first-order valence-electron chi connectivity index (χ1n) is 13.5. The maximum atomic E-state index is 13.7. The fourth-order valence-electron chi connectivity index (χ4n) is 4.86. The molecule has 3 aromatic rings. The molecule has 0 unspecified atom stereocenters. The number of fused-ring (bicyclic) bond motifs is 1. The quantitative estimate of drug-likeness (QED) is 0.135. The summed E-state index contributed by atoms with van der Waals surface area (Å²) in [5.41, 5.74) is 1.60. The van der Waals surface area contributed by atoms with Crippen LogP contribution in [0.25, 0.3) is 10.8 Å². The molecule has 0 N–H and O–H groups in total. The zero-order valence-corrected chi connectivity index (χ0v) is 25.1. The minimum Gasteiger partial charge on any atom is -0.543 e. The van der Waals surface area contributed by atoms with Crippen molar-refractivity contribution in [1.82, 2.24) is 0 Å². The molecular formula is C30H42O4Si2. The Kier molecular flexibility index (Phi) is 9.42. The molecule has 6 heteroatoms. The maximum Gasteiger partial charge on any atom is 0.347 e. The molecule has 0 amide bonds. The first kappa shape index (κ1) is 28.0. The van der Waals surface area contributed by atoms with Crippen molar-refractivity contribution in [1.29, 1.82) is 0 Å². The van der Waals surface area contributed by atoms with Crippen molar-refractivity contribution in [2.45, 2.75) is 84.7 Å². The topological polar surface area (TPSA) is 44.8 Å². The van der Waals surface area contributed by atoms with Crippen LogP contribution >= 0.6 is 0 Å². The number of rotatable bonds is 12. The lowest BCUT2D eigenvalue weighted by molar-refractivity contribution is 0.0732. The van der Waals surface area contributed by atoms with Gasteiger partial charge in [-0.15, -0.1) is 0 Å². The highest BCUT2D eigenvalue weighted by atomic mass is 28.4. The van der Waals surface area contributed by atoms with E-state index in [1.807, 2.05) is 24.3 Å². The van der Waals surface area contributed by atoms with Gasteiger partial charge in [0.1, 0.15) is 22.8 Å². The third-order valence-corrected chi connectivity index (χ3v) is 16.9. The van der Waals surface area contributed by atoms with Crippen molar-refractivity contribution < 1.29 is 18.4 Å². The normalized spacial score (nSPS) is 12.0. The molecule has 0 aromatic heterocycles. The molecule has 0 radical (unpaired) electrons. The summed E-state index contributed by atoms with van der Waals surface area (Å²) in [4.78, 5) is 13.7. The van der Waals surface area contributed by atoms with E-state index in [2.05, 4.69) is 66.7 Å². The molecule has 194 valence electrons. The third kappa shape index (κ3) is 5.86. The predicted molar refractivity (Wildman–Crippen MR) is 156 cm³/mol. The number of aryl methyl sites for hydroxylation is 1. The summed E-state index contributed by atoms with van der Waals surface area (Å²) in [5.74, 6) is 1.53. The van der Waals surface area contributed by atoms with Gasteiger partial charge >= 0.3 is 5.97 Å². The van der Waals surface area contributed by atoms with E-state index in [-0.39, 0.29) is 0 Å². The molecule has 0 spiro atoms. The number of hydrogen-bond donors (Lipinski definition) is 0. The molecule has 0 heterocycles. The van der Waals surface area contributed by atoms with Gasteiger partial charge in [0.05, 0.1) is 0 Å². The summed E-state index contributed by atoms with van der Waals surface area (Å²) in [6, 6.07) is 23.5. The Morgan fingerprint density at radius 3 is 1.81 bits per heavy atom. The van der Waals surface area contributed by atoms with Crippen LogP contribution in [0.3, 0.4) is 0 Å². The molecule has 0 aliphatic rings. The second kappa shape index (κ2) is 12.1. The van der Waals surface area contributed by atoms with E-state index in [1.54, 1.807) is 12.1 Å². The van der Waals surface area contributed by atoms with Crippen LogP contribution in [-0.4, -0.2) is 22.6 Å². The molecule has 0 atom stereocenters. The fourth-order valence-corrected chi connectivity index (χ4v) is 10.0. The number of carbonyl (C=O) groups excluding carboxylic acids is 1. The zero-order valence-electron chi connectivity index (χ0n) is 23.1. The van der Waals surface area contributed by atoms with E-state index < -0.39 is 22.6 Å². The molecule has 3 aromatic carbocycles. The van der Waals surface area contributed by atoms with Crippen molar-refractivity contribution in [3.8, 4) is 17.2 Å². The highest BCUT2D eigenvalue weighted by molar-refractivity contribution is 6.75. The average molecular weight is 523 g/mol. The zero-order chi connectivity index (χ0) is 26.3. The SMILES string of the molecule is CC[Si](CC)(CC)Oc1cc(C(=O)Oc2ccccc2)c(O[Si](CC)(CC)CC)c2ccc(C)cc12. The first-order valence-corrected chi connectivity index (χ1v) is 18.6. The Morgan fingerprint density at radius 2 is 1.25 bits per heavy atom. The average Bonchev–Trinajstić information content (AvgIpc) is 2.91. The fraction of sp³-hybridized carbons (Fsp3) is 0.433. The van der Waals surface area contributed by atoms with Crippen molar-refractivity contribution >= 4 is 33.4 Å². The number of esters is 1. The van der Waals surface area contributed by atoms with Gasteiger partial charge in [0.25, 0.3) is 16.6 Å². The lowest BCUT2D eigenvalue weighted by Crippen LogP contribution is -2.40. The van der Waals surface area contributed by atoms with Crippen LogP contribution in [0.5, 0.6) is 17.2 Å². The van der Waals surface area contributed by atoms with Crippen molar-refractivity contribution in [2.24, 2.45) is 0 Å². The standard InChI is InChI=1S/C30H42O4Si2/c1-8-35(9-2,10-3)33-28-22-27(30(31)32-24-17-15-14-16-18-24)29(34-36(11-4,12-5)13-6)25-20-19-23(7)21-26(25)28/h14-22H,8-13H2,1-7H3. The Morgan fingerprint density at radius 1 is 0.694 bits per heavy atom. The van der Waals surface area contributed by atoms with Crippen LogP contribution in [0.1, 0.15) is 57.5 Å². The van der Waals surface area contributed by atoms with E-state index in [1.165, 1.54) is 0 Å². The second-order valence-electron chi connectivity index (χ2n) is 9.69. The Balaban J connectivity index is 2.28. The molecule has 0 aliphatic carbocycles. The molecule has 3 rings (SSSR count). The molecule has 0 fully saturated rings.